The van der Waals surface area contributed by atoms with E-state index in [1.807, 2.05) is 13.8 Å². The number of carbonyl (C=O) groups excluding carboxylic acids is 2. The Morgan fingerprint density at radius 3 is 2.08 bits per heavy atom. The van der Waals surface area contributed by atoms with Crippen molar-refractivity contribution in [2.45, 2.75) is 26.7 Å². The van der Waals surface area contributed by atoms with Crippen LogP contribution in [-0.4, -0.2) is 18.5 Å². The van der Waals surface area contributed by atoms with E-state index in [9.17, 15) is 14.0 Å². The van der Waals surface area contributed by atoms with E-state index in [4.69, 9.17) is 0 Å². The summed E-state index contributed by atoms with van der Waals surface area (Å²) in [5.41, 5.74) is 2.28. The van der Waals surface area contributed by atoms with Gasteiger partial charge in [0.15, 0.2) is 0 Å². The molecule has 6 heteroatoms. The second kappa shape index (κ2) is 9.56. The second-order valence-electron chi connectivity index (χ2n) is 6.48. The van der Waals surface area contributed by atoms with Crippen molar-refractivity contribution in [2.24, 2.45) is 5.92 Å². The fourth-order valence-electron chi connectivity index (χ4n) is 2.37. The van der Waals surface area contributed by atoms with Crippen LogP contribution in [0.25, 0.3) is 0 Å². The minimum Gasteiger partial charge on any atom is -0.338 e. The molecule has 26 heavy (non-hydrogen) atoms. The Morgan fingerprint density at radius 2 is 1.50 bits per heavy atom. The molecule has 0 spiro atoms. The Kier molecular flexibility index (Phi) is 7.14. The summed E-state index contributed by atoms with van der Waals surface area (Å²) in [5.74, 6) is -0.00270. The smallest absolute Gasteiger partial charge is 0.319 e. The van der Waals surface area contributed by atoms with E-state index in [0.717, 1.165) is 5.56 Å². The van der Waals surface area contributed by atoms with Crippen LogP contribution in [0.1, 0.15) is 25.8 Å². The van der Waals surface area contributed by atoms with E-state index in [-0.39, 0.29) is 17.8 Å². The highest BCUT2D eigenvalue weighted by Crippen LogP contribution is 2.14. The maximum Gasteiger partial charge on any atom is 0.319 e. The largest absolute Gasteiger partial charge is 0.338 e. The number of hydrogen-bond acceptors (Lipinski definition) is 2. The molecular formula is C20H24FN3O2. The molecule has 0 aliphatic heterocycles. The molecule has 0 radical (unpaired) electrons. The van der Waals surface area contributed by atoms with Crippen LogP contribution in [0.3, 0.4) is 0 Å². The Balaban J connectivity index is 1.74. The van der Waals surface area contributed by atoms with Gasteiger partial charge in [0.05, 0.1) is 0 Å². The summed E-state index contributed by atoms with van der Waals surface area (Å²) in [6.45, 7) is 4.42. The molecule has 0 saturated carbocycles. The number of amides is 3. The standard InChI is InChI=1S/C20H24FN3O2/c1-14(2)13-19(25)23-17-7-9-18(10-8-17)24-20(26)22-12-11-15-3-5-16(21)6-4-15/h3-10,14H,11-13H2,1-2H3,(H,23,25)(H2,22,24,26). The normalized spacial score (nSPS) is 10.5. The topological polar surface area (TPSA) is 70.2 Å². The lowest BCUT2D eigenvalue weighted by Gasteiger charge is -2.10. The van der Waals surface area contributed by atoms with Crippen LogP contribution in [0.2, 0.25) is 0 Å². The van der Waals surface area contributed by atoms with Gasteiger partial charge in [0.2, 0.25) is 5.91 Å². The van der Waals surface area contributed by atoms with Crippen molar-refractivity contribution in [2.75, 3.05) is 17.2 Å². The summed E-state index contributed by atoms with van der Waals surface area (Å²) in [6.07, 6.45) is 1.09. The minimum atomic E-state index is -0.316. The van der Waals surface area contributed by atoms with Crippen LogP contribution in [0.5, 0.6) is 0 Å². The Labute approximate surface area is 153 Å². The summed E-state index contributed by atoms with van der Waals surface area (Å²) < 4.78 is 12.8. The van der Waals surface area contributed by atoms with Crippen LogP contribution < -0.4 is 16.0 Å². The van der Waals surface area contributed by atoms with Gasteiger partial charge in [-0.2, -0.15) is 0 Å². The number of carbonyl (C=O) groups is 2. The molecule has 0 aliphatic carbocycles. The van der Waals surface area contributed by atoms with Gasteiger partial charge in [-0.05, 0) is 54.3 Å². The molecule has 138 valence electrons. The summed E-state index contributed by atoms with van der Waals surface area (Å²) in [5, 5.41) is 8.29. The number of urea groups is 1. The number of nitrogens with one attached hydrogen (secondary N) is 3. The Hall–Kier alpha value is -2.89. The lowest BCUT2D eigenvalue weighted by atomic mass is 10.1. The van der Waals surface area contributed by atoms with Crippen molar-refractivity contribution < 1.29 is 14.0 Å². The fraction of sp³-hybridized carbons (Fsp3) is 0.300. The lowest BCUT2D eigenvalue weighted by molar-refractivity contribution is -0.116. The van der Waals surface area contributed by atoms with Gasteiger partial charge in [0.1, 0.15) is 5.82 Å². The van der Waals surface area contributed by atoms with E-state index >= 15 is 0 Å². The number of rotatable bonds is 7. The zero-order chi connectivity index (χ0) is 18.9. The van der Waals surface area contributed by atoms with Crippen molar-refractivity contribution in [3.8, 4) is 0 Å². The first-order valence-electron chi connectivity index (χ1n) is 8.61. The van der Waals surface area contributed by atoms with Gasteiger partial charge < -0.3 is 16.0 Å². The van der Waals surface area contributed by atoms with Crippen LogP contribution in [-0.2, 0) is 11.2 Å². The zero-order valence-corrected chi connectivity index (χ0v) is 15.0. The summed E-state index contributed by atoms with van der Waals surface area (Å²) >= 11 is 0. The molecule has 5 nitrogen and oxygen atoms in total. The highest BCUT2D eigenvalue weighted by Gasteiger charge is 2.06. The molecule has 0 heterocycles. The quantitative estimate of drug-likeness (QED) is 0.696. The molecule has 2 aromatic carbocycles. The second-order valence-corrected chi connectivity index (χ2v) is 6.48. The molecule has 0 atom stereocenters. The third kappa shape index (κ3) is 6.93. The number of benzene rings is 2. The number of anilines is 2. The lowest BCUT2D eigenvalue weighted by Crippen LogP contribution is -2.30. The highest BCUT2D eigenvalue weighted by atomic mass is 19.1. The molecule has 2 rings (SSSR count). The monoisotopic (exact) mass is 357 g/mol. The van der Waals surface area contributed by atoms with Crippen molar-refractivity contribution in [1.29, 1.82) is 0 Å². The van der Waals surface area contributed by atoms with Gasteiger partial charge in [-0.1, -0.05) is 26.0 Å². The average molecular weight is 357 g/mol. The first kappa shape index (κ1) is 19.4. The Bertz CT molecular complexity index is 728. The predicted molar refractivity (Wildman–Crippen MR) is 102 cm³/mol. The van der Waals surface area contributed by atoms with Gasteiger partial charge in [-0.15, -0.1) is 0 Å². The summed E-state index contributed by atoms with van der Waals surface area (Å²) in [4.78, 5) is 23.6. The van der Waals surface area contributed by atoms with E-state index in [1.54, 1.807) is 36.4 Å². The molecule has 0 aromatic heterocycles. The van der Waals surface area contributed by atoms with Crippen molar-refractivity contribution in [1.82, 2.24) is 5.32 Å². The van der Waals surface area contributed by atoms with Gasteiger partial charge in [-0.25, -0.2) is 9.18 Å². The van der Waals surface area contributed by atoms with E-state index in [2.05, 4.69) is 16.0 Å². The molecule has 3 N–H and O–H groups in total. The average Bonchev–Trinajstić information content (AvgIpc) is 2.58. The van der Waals surface area contributed by atoms with Crippen molar-refractivity contribution in [3.05, 3.63) is 59.9 Å². The first-order chi connectivity index (χ1) is 12.4. The number of halogens is 1. The molecule has 0 saturated heterocycles. The fourth-order valence-corrected chi connectivity index (χ4v) is 2.37. The van der Waals surface area contributed by atoms with E-state index in [0.29, 0.717) is 36.7 Å². The molecule has 2 aromatic rings. The van der Waals surface area contributed by atoms with Crippen LogP contribution in [0.15, 0.2) is 48.5 Å². The van der Waals surface area contributed by atoms with E-state index in [1.165, 1.54) is 12.1 Å². The highest BCUT2D eigenvalue weighted by molar-refractivity contribution is 5.92. The molecule has 0 fully saturated rings. The maximum absolute atomic E-state index is 12.8. The van der Waals surface area contributed by atoms with Gasteiger partial charge in [0, 0.05) is 24.3 Å². The number of hydrogen-bond donors (Lipinski definition) is 3. The third-order valence-corrected chi connectivity index (χ3v) is 3.63. The Morgan fingerprint density at radius 1 is 0.923 bits per heavy atom. The van der Waals surface area contributed by atoms with E-state index < -0.39 is 0 Å². The molecule has 0 unspecified atom stereocenters. The van der Waals surface area contributed by atoms with Crippen LogP contribution in [0, 0.1) is 11.7 Å². The van der Waals surface area contributed by atoms with Gasteiger partial charge >= 0.3 is 6.03 Å². The van der Waals surface area contributed by atoms with Crippen molar-refractivity contribution >= 4 is 23.3 Å². The third-order valence-electron chi connectivity index (χ3n) is 3.63. The summed E-state index contributed by atoms with van der Waals surface area (Å²) in [6, 6.07) is 12.8. The summed E-state index contributed by atoms with van der Waals surface area (Å²) in [7, 11) is 0. The minimum absolute atomic E-state index is 0.0285. The SMILES string of the molecule is CC(C)CC(=O)Nc1ccc(NC(=O)NCCc2ccc(F)cc2)cc1. The molecule has 0 bridgehead atoms. The van der Waals surface area contributed by atoms with Crippen LogP contribution in [0.4, 0.5) is 20.6 Å². The maximum atomic E-state index is 12.8. The van der Waals surface area contributed by atoms with Gasteiger partial charge in [-0.3, -0.25) is 4.79 Å². The van der Waals surface area contributed by atoms with Crippen LogP contribution >= 0.6 is 0 Å². The molecule has 3 amide bonds. The van der Waals surface area contributed by atoms with Crippen molar-refractivity contribution in [3.63, 3.8) is 0 Å². The molecule has 0 aliphatic rings. The molecular weight excluding hydrogens is 333 g/mol. The zero-order valence-electron chi connectivity index (χ0n) is 15.0. The predicted octanol–water partition coefficient (Wildman–Crippen LogP) is 4.17. The first-order valence-corrected chi connectivity index (χ1v) is 8.61. The van der Waals surface area contributed by atoms with Gasteiger partial charge in [0.25, 0.3) is 0 Å².